The Bertz CT molecular complexity index is 243. The molecule has 13 heavy (non-hydrogen) atoms. The van der Waals surface area contributed by atoms with Gasteiger partial charge in [-0.3, -0.25) is 0 Å². The lowest BCUT2D eigenvalue weighted by molar-refractivity contribution is 0.718. The topological polar surface area (TPSA) is 38.9 Å². The summed E-state index contributed by atoms with van der Waals surface area (Å²) in [6.45, 7) is 4.22. The van der Waals surface area contributed by atoms with E-state index in [4.69, 9.17) is 5.73 Å². The summed E-state index contributed by atoms with van der Waals surface area (Å²) < 4.78 is 0. The molecule has 0 saturated carbocycles. The van der Waals surface area contributed by atoms with E-state index in [1.165, 1.54) is 17.8 Å². The van der Waals surface area contributed by atoms with Gasteiger partial charge in [0.1, 0.15) is 0 Å². The molecule has 1 unspecified atom stereocenters. The Kier molecular flexibility index (Phi) is 4.39. The molecule has 1 heterocycles. The number of aromatic nitrogens is 1. The van der Waals surface area contributed by atoms with E-state index in [1.807, 2.05) is 6.92 Å². The van der Waals surface area contributed by atoms with E-state index >= 15 is 0 Å². The normalized spacial score (nSPS) is 13.2. The molecule has 0 aliphatic heterocycles. The number of hydrogen-bond donors (Lipinski definition) is 1. The molecule has 0 aromatic carbocycles. The van der Waals surface area contributed by atoms with Crippen molar-refractivity contribution in [2.75, 3.05) is 0 Å². The Morgan fingerprint density at radius 3 is 3.00 bits per heavy atom. The smallest absolute Gasteiger partial charge is 0.0928 e. The van der Waals surface area contributed by atoms with E-state index in [1.54, 1.807) is 11.3 Å². The molecular formula is C10H18N2S. The first-order valence-electron chi connectivity index (χ1n) is 4.91. The molecule has 0 saturated heterocycles. The molecule has 0 radical (unpaired) electrons. The monoisotopic (exact) mass is 198 g/mol. The van der Waals surface area contributed by atoms with Gasteiger partial charge in [-0.15, -0.1) is 11.3 Å². The highest BCUT2D eigenvalue weighted by Crippen LogP contribution is 2.13. The number of thiazole rings is 1. The van der Waals surface area contributed by atoms with Gasteiger partial charge in [0.25, 0.3) is 0 Å². The van der Waals surface area contributed by atoms with Crippen molar-refractivity contribution in [2.24, 2.45) is 5.73 Å². The lowest BCUT2D eigenvalue weighted by Crippen LogP contribution is -2.17. The predicted molar refractivity (Wildman–Crippen MR) is 58.1 cm³/mol. The first kappa shape index (κ1) is 10.7. The van der Waals surface area contributed by atoms with Gasteiger partial charge < -0.3 is 5.73 Å². The summed E-state index contributed by atoms with van der Waals surface area (Å²) in [7, 11) is 0. The van der Waals surface area contributed by atoms with Crippen LogP contribution in [0.2, 0.25) is 0 Å². The largest absolute Gasteiger partial charge is 0.328 e. The third-order valence-electron chi connectivity index (χ3n) is 1.87. The zero-order valence-electron chi connectivity index (χ0n) is 8.42. The van der Waals surface area contributed by atoms with Gasteiger partial charge in [0.2, 0.25) is 0 Å². The molecule has 1 rings (SSSR count). The SMILES string of the molecule is CCCCc1nc(CC(C)N)cs1. The standard InChI is InChI=1S/C10H18N2S/c1-3-4-5-10-12-9(7-13-10)6-8(2)11/h7-8H,3-6,11H2,1-2H3. The number of hydrogen-bond acceptors (Lipinski definition) is 3. The molecule has 2 N–H and O–H groups in total. The second-order valence-electron chi connectivity index (χ2n) is 3.52. The Morgan fingerprint density at radius 2 is 2.38 bits per heavy atom. The van der Waals surface area contributed by atoms with Gasteiger partial charge in [-0.2, -0.15) is 0 Å². The van der Waals surface area contributed by atoms with Crippen LogP contribution in [-0.2, 0) is 12.8 Å². The summed E-state index contributed by atoms with van der Waals surface area (Å²) >= 11 is 1.76. The third kappa shape index (κ3) is 3.87. The van der Waals surface area contributed by atoms with Crippen molar-refractivity contribution in [3.63, 3.8) is 0 Å². The Labute approximate surface area is 84.2 Å². The van der Waals surface area contributed by atoms with Crippen LogP contribution in [0, 0.1) is 0 Å². The summed E-state index contributed by atoms with van der Waals surface area (Å²) in [6.07, 6.45) is 4.51. The molecule has 0 amide bonds. The van der Waals surface area contributed by atoms with E-state index in [0.29, 0.717) is 0 Å². The molecule has 2 nitrogen and oxygen atoms in total. The summed E-state index contributed by atoms with van der Waals surface area (Å²) in [6, 6.07) is 0.223. The summed E-state index contributed by atoms with van der Waals surface area (Å²) in [5.41, 5.74) is 6.86. The van der Waals surface area contributed by atoms with Gasteiger partial charge in [0.15, 0.2) is 0 Å². The maximum absolute atomic E-state index is 5.70. The maximum atomic E-state index is 5.70. The van der Waals surface area contributed by atoms with Crippen LogP contribution in [0.5, 0.6) is 0 Å². The fourth-order valence-electron chi connectivity index (χ4n) is 1.22. The number of unbranched alkanes of at least 4 members (excludes halogenated alkanes) is 1. The van der Waals surface area contributed by atoms with Crippen molar-refractivity contribution in [1.82, 2.24) is 4.98 Å². The Morgan fingerprint density at radius 1 is 1.62 bits per heavy atom. The molecular weight excluding hydrogens is 180 g/mol. The highest BCUT2D eigenvalue weighted by molar-refractivity contribution is 7.09. The zero-order chi connectivity index (χ0) is 9.68. The first-order chi connectivity index (χ1) is 6.22. The molecule has 1 aromatic heterocycles. The van der Waals surface area contributed by atoms with E-state index in [0.717, 1.165) is 18.5 Å². The molecule has 0 aliphatic rings. The van der Waals surface area contributed by atoms with Crippen LogP contribution in [0.1, 0.15) is 37.4 Å². The van der Waals surface area contributed by atoms with Crippen LogP contribution in [-0.4, -0.2) is 11.0 Å². The minimum atomic E-state index is 0.223. The fourth-order valence-corrected chi connectivity index (χ4v) is 2.07. The second kappa shape index (κ2) is 5.35. The zero-order valence-corrected chi connectivity index (χ0v) is 9.23. The van der Waals surface area contributed by atoms with Gasteiger partial charge in [-0.05, 0) is 19.8 Å². The molecule has 0 aliphatic carbocycles. The molecule has 0 fully saturated rings. The molecule has 1 atom stereocenters. The van der Waals surface area contributed by atoms with Crippen LogP contribution in [0.15, 0.2) is 5.38 Å². The second-order valence-corrected chi connectivity index (χ2v) is 4.46. The molecule has 74 valence electrons. The first-order valence-corrected chi connectivity index (χ1v) is 5.79. The van der Waals surface area contributed by atoms with Crippen LogP contribution in [0.4, 0.5) is 0 Å². The Hall–Kier alpha value is -0.410. The van der Waals surface area contributed by atoms with Gasteiger partial charge in [0.05, 0.1) is 10.7 Å². The third-order valence-corrected chi connectivity index (χ3v) is 2.83. The van der Waals surface area contributed by atoms with E-state index in [9.17, 15) is 0 Å². The van der Waals surface area contributed by atoms with Crippen molar-refractivity contribution >= 4 is 11.3 Å². The average Bonchev–Trinajstić information content (AvgIpc) is 2.48. The van der Waals surface area contributed by atoms with E-state index < -0.39 is 0 Å². The quantitative estimate of drug-likeness (QED) is 0.789. The van der Waals surface area contributed by atoms with E-state index in [-0.39, 0.29) is 6.04 Å². The number of nitrogens with two attached hydrogens (primary N) is 1. The van der Waals surface area contributed by atoms with E-state index in [2.05, 4.69) is 17.3 Å². The highest BCUT2D eigenvalue weighted by Gasteiger charge is 2.03. The average molecular weight is 198 g/mol. The minimum absolute atomic E-state index is 0.223. The number of nitrogens with zero attached hydrogens (tertiary/aromatic N) is 1. The van der Waals surface area contributed by atoms with Gasteiger partial charge in [0, 0.05) is 17.8 Å². The maximum Gasteiger partial charge on any atom is 0.0928 e. The van der Waals surface area contributed by atoms with Crippen LogP contribution in [0.3, 0.4) is 0 Å². The van der Waals surface area contributed by atoms with Gasteiger partial charge >= 0.3 is 0 Å². The van der Waals surface area contributed by atoms with Gasteiger partial charge in [-0.1, -0.05) is 13.3 Å². The molecule has 0 bridgehead atoms. The van der Waals surface area contributed by atoms with Crippen molar-refractivity contribution < 1.29 is 0 Å². The lowest BCUT2D eigenvalue weighted by atomic mass is 10.2. The molecule has 1 aromatic rings. The van der Waals surface area contributed by atoms with Crippen LogP contribution in [0.25, 0.3) is 0 Å². The summed E-state index contributed by atoms with van der Waals surface area (Å²) in [4.78, 5) is 4.53. The Balaban J connectivity index is 2.44. The minimum Gasteiger partial charge on any atom is -0.328 e. The molecule has 3 heteroatoms. The van der Waals surface area contributed by atoms with Crippen LogP contribution < -0.4 is 5.73 Å². The lowest BCUT2D eigenvalue weighted by Gasteiger charge is -1.99. The van der Waals surface area contributed by atoms with Crippen molar-refractivity contribution in [1.29, 1.82) is 0 Å². The fraction of sp³-hybridized carbons (Fsp3) is 0.700. The number of aryl methyl sites for hydroxylation is 1. The summed E-state index contributed by atoms with van der Waals surface area (Å²) in [5, 5.41) is 3.39. The predicted octanol–water partition coefficient (Wildman–Crippen LogP) is 2.38. The summed E-state index contributed by atoms with van der Waals surface area (Å²) in [5.74, 6) is 0. The van der Waals surface area contributed by atoms with Crippen molar-refractivity contribution in [2.45, 2.75) is 45.6 Å². The van der Waals surface area contributed by atoms with Crippen LogP contribution >= 0.6 is 11.3 Å². The van der Waals surface area contributed by atoms with Gasteiger partial charge in [-0.25, -0.2) is 4.98 Å². The highest BCUT2D eigenvalue weighted by atomic mass is 32.1. The van der Waals surface area contributed by atoms with Crippen molar-refractivity contribution in [3.8, 4) is 0 Å². The van der Waals surface area contributed by atoms with Crippen molar-refractivity contribution in [3.05, 3.63) is 16.1 Å². The number of rotatable bonds is 5. The molecule has 0 spiro atoms.